The summed E-state index contributed by atoms with van der Waals surface area (Å²) in [6.45, 7) is 1.82. The molecule has 0 spiro atoms. The molecule has 0 aliphatic rings. The van der Waals surface area contributed by atoms with E-state index in [4.69, 9.17) is 11.6 Å². The number of aryl methyl sites for hydroxylation is 1. The molecule has 2 aromatic carbocycles. The van der Waals surface area contributed by atoms with Crippen LogP contribution in [0.1, 0.15) is 15.9 Å². The van der Waals surface area contributed by atoms with Gasteiger partial charge < -0.3 is 10.6 Å². The van der Waals surface area contributed by atoms with Gasteiger partial charge in [0.1, 0.15) is 0 Å². The Bertz CT molecular complexity index is 669. The lowest BCUT2D eigenvalue weighted by molar-refractivity contribution is -0.146. The van der Waals surface area contributed by atoms with Crippen molar-refractivity contribution in [2.75, 3.05) is 5.32 Å². The summed E-state index contributed by atoms with van der Waals surface area (Å²) >= 11 is 5.70. The minimum absolute atomic E-state index is 0.155. The summed E-state index contributed by atoms with van der Waals surface area (Å²) in [6.07, 6.45) is -6.86. The quantitative estimate of drug-likeness (QED) is 0.810. The summed E-state index contributed by atoms with van der Waals surface area (Å²) in [7, 11) is 0. The number of benzene rings is 2. The van der Waals surface area contributed by atoms with Crippen molar-refractivity contribution in [3.63, 3.8) is 0 Å². The molecule has 0 saturated carbocycles. The van der Waals surface area contributed by atoms with Gasteiger partial charge in [0, 0.05) is 16.3 Å². The van der Waals surface area contributed by atoms with Crippen molar-refractivity contribution in [3.8, 4) is 0 Å². The van der Waals surface area contributed by atoms with Gasteiger partial charge in [0.25, 0.3) is 5.91 Å². The SMILES string of the molecule is Cc1ccc(C(=O)NC(Nc2ccc(Cl)cc2)C(F)(F)F)cc1. The third-order valence-electron chi connectivity index (χ3n) is 3.07. The summed E-state index contributed by atoms with van der Waals surface area (Å²) in [5.74, 6) is -0.811. The van der Waals surface area contributed by atoms with Gasteiger partial charge in [-0.1, -0.05) is 29.3 Å². The highest BCUT2D eigenvalue weighted by Crippen LogP contribution is 2.23. The van der Waals surface area contributed by atoms with Crippen molar-refractivity contribution in [3.05, 3.63) is 64.7 Å². The molecule has 2 N–H and O–H groups in total. The third-order valence-corrected chi connectivity index (χ3v) is 3.32. The van der Waals surface area contributed by atoms with Crippen LogP contribution >= 0.6 is 11.6 Å². The van der Waals surface area contributed by atoms with E-state index in [0.29, 0.717) is 5.02 Å². The Hall–Kier alpha value is -2.21. The molecule has 3 nitrogen and oxygen atoms in total. The fourth-order valence-electron chi connectivity index (χ4n) is 1.83. The van der Waals surface area contributed by atoms with Crippen LogP contribution in [0, 0.1) is 6.92 Å². The minimum Gasteiger partial charge on any atom is -0.358 e. The van der Waals surface area contributed by atoms with E-state index < -0.39 is 18.2 Å². The van der Waals surface area contributed by atoms with Crippen molar-refractivity contribution >= 4 is 23.2 Å². The molecule has 0 bridgehead atoms. The first-order chi connectivity index (χ1) is 10.8. The molecule has 0 aliphatic carbocycles. The maximum absolute atomic E-state index is 13.1. The Labute approximate surface area is 136 Å². The van der Waals surface area contributed by atoms with E-state index >= 15 is 0 Å². The largest absolute Gasteiger partial charge is 0.427 e. The average Bonchev–Trinajstić information content (AvgIpc) is 2.48. The fourth-order valence-corrected chi connectivity index (χ4v) is 1.96. The first kappa shape index (κ1) is 17.1. The van der Waals surface area contributed by atoms with Gasteiger partial charge in [0.2, 0.25) is 0 Å². The van der Waals surface area contributed by atoms with Crippen molar-refractivity contribution in [1.29, 1.82) is 0 Å². The zero-order valence-corrected chi connectivity index (χ0v) is 12.9. The van der Waals surface area contributed by atoms with E-state index in [9.17, 15) is 18.0 Å². The van der Waals surface area contributed by atoms with Crippen LogP contribution < -0.4 is 10.6 Å². The van der Waals surface area contributed by atoms with E-state index in [1.807, 2.05) is 12.2 Å². The van der Waals surface area contributed by atoms with Gasteiger partial charge in [-0.3, -0.25) is 4.79 Å². The highest BCUT2D eigenvalue weighted by atomic mass is 35.5. The van der Waals surface area contributed by atoms with Crippen LogP contribution in [0.4, 0.5) is 18.9 Å². The monoisotopic (exact) mass is 342 g/mol. The van der Waals surface area contributed by atoms with Crippen LogP contribution in [0.5, 0.6) is 0 Å². The molecule has 7 heteroatoms. The van der Waals surface area contributed by atoms with E-state index in [0.717, 1.165) is 5.56 Å². The van der Waals surface area contributed by atoms with Crippen molar-refractivity contribution in [2.45, 2.75) is 19.3 Å². The molecule has 0 radical (unpaired) electrons. The number of amides is 1. The summed E-state index contributed by atoms with van der Waals surface area (Å²) in [6, 6.07) is 12.0. The summed E-state index contributed by atoms with van der Waals surface area (Å²) < 4.78 is 39.4. The third kappa shape index (κ3) is 4.89. The average molecular weight is 343 g/mol. The molecule has 0 fully saturated rings. The number of halogens is 4. The van der Waals surface area contributed by atoms with Gasteiger partial charge in [0.15, 0.2) is 6.17 Å². The molecule has 1 unspecified atom stereocenters. The van der Waals surface area contributed by atoms with E-state index in [2.05, 4.69) is 5.32 Å². The molecular weight excluding hydrogens is 329 g/mol. The normalized spacial score (nSPS) is 12.6. The number of hydrogen-bond donors (Lipinski definition) is 2. The van der Waals surface area contributed by atoms with Crippen molar-refractivity contribution < 1.29 is 18.0 Å². The van der Waals surface area contributed by atoms with E-state index in [-0.39, 0.29) is 11.3 Å². The van der Waals surface area contributed by atoms with Crippen molar-refractivity contribution in [1.82, 2.24) is 5.32 Å². The number of nitrogens with one attached hydrogen (secondary N) is 2. The predicted molar refractivity (Wildman–Crippen MR) is 83.6 cm³/mol. The number of anilines is 1. The lowest BCUT2D eigenvalue weighted by Gasteiger charge is -2.23. The number of carbonyl (C=O) groups excluding carboxylic acids is 1. The first-order valence-corrected chi connectivity index (χ1v) is 7.10. The second-order valence-electron chi connectivity index (χ2n) is 4.97. The van der Waals surface area contributed by atoms with Crippen molar-refractivity contribution in [2.24, 2.45) is 0 Å². The molecular formula is C16H14ClF3N2O. The molecule has 0 aliphatic heterocycles. The highest BCUT2D eigenvalue weighted by Gasteiger charge is 2.41. The molecule has 2 aromatic rings. The zero-order chi connectivity index (χ0) is 17.0. The highest BCUT2D eigenvalue weighted by molar-refractivity contribution is 6.30. The molecule has 0 saturated heterocycles. The summed E-state index contributed by atoms with van der Waals surface area (Å²) in [5, 5.41) is 4.60. The Morgan fingerprint density at radius 3 is 2.13 bits per heavy atom. The molecule has 122 valence electrons. The fraction of sp³-hybridized carbons (Fsp3) is 0.188. The maximum atomic E-state index is 13.1. The maximum Gasteiger partial charge on any atom is 0.427 e. The van der Waals surface area contributed by atoms with Gasteiger partial charge in [0.05, 0.1) is 0 Å². The van der Waals surface area contributed by atoms with E-state index in [1.165, 1.54) is 36.4 Å². The second-order valence-corrected chi connectivity index (χ2v) is 5.40. The zero-order valence-electron chi connectivity index (χ0n) is 12.1. The molecule has 2 rings (SSSR count). The molecule has 23 heavy (non-hydrogen) atoms. The standard InChI is InChI=1S/C16H14ClF3N2O/c1-10-2-4-11(5-3-10)14(23)22-15(16(18,19)20)21-13-8-6-12(17)7-9-13/h2-9,15,21H,1H3,(H,22,23). The molecule has 0 heterocycles. The number of alkyl halides is 3. The minimum atomic E-state index is -4.65. The Morgan fingerprint density at radius 2 is 1.61 bits per heavy atom. The lowest BCUT2D eigenvalue weighted by atomic mass is 10.1. The lowest BCUT2D eigenvalue weighted by Crippen LogP contribution is -2.50. The summed E-state index contributed by atoms with van der Waals surface area (Å²) in [5.41, 5.74) is 1.26. The van der Waals surface area contributed by atoms with Crippen LogP contribution in [0.3, 0.4) is 0 Å². The Kier molecular flexibility index (Phi) is 5.15. The first-order valence-electron chi connectivity index (χ1n) is 6.72. The van der Waals surface area contributed by atoms with E-state index in [1.54, 1.807) is 12.1 Å². The Balaban J connectivity index is 2.14. The van der Waals surface area contributed by atoms with Crippen LogP contribution in [0.15, 0.2) is 48.5 Å². The van der Waals surface area contributed by atoms with Crippen LogP contribution in [0.25, 0.3) is 0 Å². The smallest absolute Gasteiger partial charge is 0.358 e. The molecule has 1 atom stereocenters. The number of carbonyl (C=O) groups is 1. The second kappa shape index (κ2) is 6.91. The van der Waals surface area contributed by atoms with Gasteiger partial charge in [-0.05, 0) is 43.3 Å². The van der Waals surface area contributed by atoms with Gasteiger partial charge >= 0.3 is 6.18 Å². The molecule has 1 amide bonds. The predicted octanol–water partition coefficient (Wildman–Crippen LogP) is 4.38. The van der Waals surface area contributed by atoms with Gasteiger partial charge in [-0.2, -0.15) is 13.2 Å². The van der Waals surface area contributed by atoms with Crippen LogP contribution in [-0.2, 0) is 0 Å². The van der Waals surface area contributed by atoms with Gasteiger partial charge in [-0.15, -0.1) is 0 Å². The Morgan fingerprint density at radius 1 is 1.04 bits per heavy atom. The summed E-state index contributed by atoms with van der Waals surface area (Å²) in [4.78, 5) is 12.0. The number of hydrogen-bond acceptors (Lipinski definition) is 2. The number of rotatable bonds is 4. The van der Waals surface area contributed by atoms with Crippen LogP contribution in [-0.4, -0.2) is 18.2 Å². The molecule has 0 aromatic heterocycles. The van der Waals surface area contributed by atoms with Gasteiger partial charge in [-0.25, -0.2) is 0 Å². The van der Waals surface area contributed by atoms with Crippen LogP contribution in [0.2, 0.25) is 5.02 Å². The topological polar surface area (TPSA) is 41.1 Å².